The molecule has 0 saturated carbocycles. The Labute approximate surface area is 143 Å². The number of aliphatic hydroxyl groups is 1. The molecule has 1 N–H and O–H groups in total. The zero-order valence-electron chi connectivity index (χ0n) is 13.8. The monoisotopic (exact) mass is 334 g/mol. The molecule has 1 atom stereocenters. The first-order valence-electron chi connectivity index (χ1n) is 8.07. The normalized spacial score (nSPS) is 17.0. The van der Waals surface area contributed by atoms with Gasteiger partial charge in [-0.2, -0.15) is 0 Å². The van der Waals surface area contributed by atoms with Crippen molar-refractivity contribution in [3.63, 3.8) is 0 Å². The van der Waals surface area contributed by atoms with Gasteiger partial charge < -0.3 is 10.0 Å². The highest BCUT2D eigenvalue weighted by Gasteiger charge is 2.25. The molecule has 1 heterocycles. The first kappa shape index (κ1) is 18.0. The molecule has 1 saturated heterocycles. The van der Waals surface area contributed by atoms with Crippen molar-refractivity contribution in [2.75, 3.05) is 31.9 Å². The van der Waals surface area contributed by atoms with Crippen LogP contribution in [0.3, 0.4) is 0 Å². The topological polar surface area (TPSA) is 43.8 Å². The Morgan fingerprint density at radius 3 is 2.57 bits per heavy atom. The molecule has 23 heavy (non-hydrogen) atoms. The minimum Gasteiger partial charge on any atom is -0.392 e. The van der Waals surface area contributed by atoms with Gasteiger partial charge in [0.25, 0.3) is 0 Å². The van der Waals surface area contributed by atoms with Crippen LogP contribution in [0.1, 0.15) is 18.1 Å². The van der Waals surface area contributed by atoms with E-state index in [1.165, 1.54) is 5.56 Å². The van der Waals surface area contributed by atoms with Crippen LogP contribution in [0, 0.1) is 0 Å². The standard InChI is InChI=1S/C18H26N2O2S/c1-3-12-23-15(2)18(22)20-10-8-19(9-11-20)13-16-6-4-5-7-17(16)14-21/h3-7,15,21H,1,8-14H2,2H3/t15-/m1/s1. The van der Waals surface area contributed by atoms with E-state index in [1.54, 1.807) is 11.8 Å². The Morgan fingerprint density at radius 2 is 1.96 bits per heavy atom. The second-order valence-corrected chi connectivity index (χ2v) is 7.17. The largest absolute Gasteiger partial charge is 0.392 e. The van der Waals surface area contributed by atoms with Crippen molar-refractivity contribution in [1.29, 1.82) is 0 Å². The van der Waals surface area contributed by atoms with E-state index in [2.05, 4.69) is 17.5 Å². The number of benzene rings is 1. The molecule has 0 unspecified atom stereocenters. The molecule has 1 aliphatic rings. The maximum atomic E-state index is 12.4. The number of hydrogen-bond donors (Lipinski definition) is 1. The molecular weight excluding hydrogens is 308 g/mol. The first-order valence-corrected chi connectivity index (χ1v) is 9.12. The number of nitrogens with zero attached hydrogens (tertiary/aromatic N) is 2. The number of rotatable bonds is 7. The van der Waals surface area contributed by atoms with Gasteiger partial charge in [-0.05, 0) is 18.1 Å². The van der Waals surface area contributed by atoms with E-state index in [-0.39, 0.29) is 17.8 Å². The molecular formula is C18H26N2O2S. The third-order valence-electron chi connectivity index (χ3n) is 4.18. The van der Waals surface area contributed by atoms with Crippen LogP contribution in [0.15, 0.2) is 36.9 Å². The molecule has 126 valence electrons. The lowest BCUT2D eigenvalue weighted by atomic mass is 10.1. The highest BCUT2D eigenvalue weighted by Crippen LogP contribution is 2.17. The van der Waals surface area contributed by atoms with Gasteiger partial charge >= 0.3 is 0 Å². The average molecular weight is 334 g/mol. The number of aliphatic hydroxyl groups excluding tert-OH is 1. The predicted molar refractivity (Wildman–Crippen MR) is 96.3 cm³/mol. The van der Waals surface area contributed by atoms with Gasteiger partial charge in [0.2, 0.25) is 5.91 Å². The van der Waals surface area contributed by atoms with E-state index < -0.39 is 0 Å². The van der Waals surface area contributed by atoms with Crippen molar-refractivity contribution >= 4 is 17.7 Å². The number of amides is 1. The number of piperazine rings is 1. The second kappa shape index (κ2) is 9.11. The maximum absolute atomic E-state index is 12.4. The molecule has 2 rings (SSSR count). The lowest BCUT2D eigenvalue weighted by Gasteiger charge is -2.36. The van der Waals surface area contributed by atoms with Crippen molar-refractivity contribution in [2.24, 2.45) is 0 Å². The van der Waals surface area contributed by atoms with Crippen LogP contribution in [-0.4, -0.2) is 58.0 Å². The van der Waals surface area contributed by atoms with E-state index in [0.29, 0.717) is 0 Å². The van der Waals surface area contributed by atoms with Gasteiger partial charge in [0, 0.05) is 38.5 Å². The lowest BCUT2D eigenvalue weighted by molar-refractivity contribution is -0.132. The summed E-state index contributed by atoms with van der Waals surface area (Å²) in [6.45, 7) is 9.89. The molecule has 0 spiro atoms. The maximum Gasteiger partial charge on any atom is 0.235 e. The molecule has 1 amide bonds. The van der Waals surface area contributed by atoms with Gasteiger partial charge in [0.05, 0.1) is 11.9 Å². The smallest absolute Gasteiger partial charge is 0.235 e. The van der Waals surface area contributed by atoms with Gasteiger partial charge in [-0.25, -0.2) is 0 Å². The number of carbonyl (C=O) groups excluding carboxylic acids is 1. The molecule has 4 nitrogen and oxygen atoms in total. The second-order valence-electron chi connectivity index (χ2n) is 5.79. The Bertz CT molecular complexity index is 528. The lowest BCUT2D eigenvalue weighted by Crippen LogP contribution is -2.50. The Morgan fingerprint density at radius 1 is 1.30 bits per heavy atom. The van der Waals surface area contributed by atoms with Crippen LogP contribution in [0.2, 0.25) is 0 Å². The minimum atomic E-state index is -0.00494. The summed E-state index contributed by atoms with van der Waals surface area (Å²) in [5.74, 6) is 1.04. The fourth-order valence-electron chi connectivity index (χ4n) is 2.77. The molecule has 0 aromatic heterocycles. The SMILES string of the molecule is C=CCS[C@H](C)C(=O)N1CCN(Cc2ccccc2CO)CC1. The summed E-state index contributed by atoms with van der Waals surface area (Å²) >= 11 is 1.64. The highest BCUT2D eigenvalue weighted by atomic mass is 32.2. The van der Waals surface area contributed by atoms with Crippen LogP contribution >= 0.6 is 11.8 Å². The van der Waals surface area contributed by atoms with Gasteiger partial charge in [-0.1, -0.05) is 30.3 Å². The van der Waals surface area contributed by atoms with Crippen LogP contribution in [0.25, 0.3) is 0 Å². The van der Waals surface area contributed by atoms with Crippen molar-refractivity contribution in [3.05, 3.63) is 48.0 Å². The number of carbonyl (C=O) groups is 1. The molecule has 0 aliphatic carbocycles. The zero-order valence-corrected chi connectivity index (χ0v) is 14.6. The minimum absolute atomic E-state index is 0.00494. The van der Waals surface area contributed by atoms with Gasteiger partial charge in [-0.3, -0.25) is 9.69 Å². The molecule has 0 bridgehead atoms. The van der Waals surface area contributed by atoms with E-state index in [0.717, 1.165) is 44.0 Å². The van der Waals surface area contributed by atoms with E-state index in [1.807, 2.05) is 36.1 Å². The highest BCUT2D eigenvalue weighted by molar-refractivity contribution is 8.00. The summed E-state index contributed by atoms with van der Waals surface area (Å²) in [6.07, 6.45) is 1.84. The summed E-state index contributed by atoms with van der Waals surface area (Å²) in [5.41, 5.74) is 2.16. The molecule has 1 aromatic rings. The molecule has 5 heteroatoms. The zero-order chi connectivity index (χ0) is 16.7. The summed E-state index contributed by atoms with van der Waals surface area (Å²) in [4.78, 5) is 16.7. The Hall–Kier alpha value is -1.30. The Kier molecular flexibility index (Phi) is 7.15. The predicted octanol–water partition coefficient (Wildman–Crippen LogP) is 2.13. The van der Waals surface area contributed by atoms with Crippen LogP contribution in [-0.2, 0) is 17.9 Å². The van der Waals surface area contributed by atoms with Gasteiger partial charge in [0.15, 0.2) is 0 Å². The summed E-state index contributed by atoms with van der Waals surface area (Å²) in [5, 5.41) is 9.41. The molecule has 1 aromatic carbocycles. The van der Waals surface area contributed by atoms with Crippen LogP contribution in [0.5, 0.6) is 0 Å². The third kappa shape index (κ3) is 5.09. The third-order valence-corrected chi connectivity index (χ3v) is 5.31. The van der Waals surface area contributed by atoms with Crippen molar-refractivity contribution < 1.29 is 9.90 Å². The number of hydrogen-bond acceptors (Lipinski definition) is 4. The quantitative estimate of drug-likeness (QED) is 0.776. The fourth-order valence-corrected chi connectivity index (χ4v) is 3.49. The van der Waals surface area contributed by atoms with Crippen molar-refractivity contribution in [2.45, 2.75) is 25.3 Å². The fraction of sp³-hybridized carbons (Fsp3) is 0.500. The number of thioether (sulfide) groups is 1. The van der Waals surface area contributed by atoms with Crippen LogP contribution < -0.4 is 0 Å². The van der Waals surface area contributed by atoms with Gasteiger partial charge in [0.1, 0.15) is 0 Å². The summed E-state index contributed by atoms with van der Waals surface area (Å²) in [7, 11) is 0. The van der Waals surface area contributed by atoms with Crippen molar-refractivity contribution in [3.8, 4) is 0 Å². The van der Waals surface area contributed by atoms with Gasteiger partial charge in [-0.15, -0.1) is 18.3 Å². The van der Waals surface area contributed by atoms with E-state index in [4.69, 9.17) is 0 Å². The molecule has 1 aliphatic heterocycles. The summed E-state index contributed by atoms with van der Waals surface area (Å²) in [6, 6.07) is 7.99. The Balaban J connectivity index is 1.84. The average Bonchev–Trinajstić information content (AvgIpc) is 2.60. The molecule has 1 fully saturated rings. The first-order chi connectivity index (χ1) is 11.2. The van der Waals surface area contributed by atoms with E-state index in [9.17, 15) is 9.90 Å². The van der Waals surface area contributed by atoms with E-state index >= 15 is 0 Å². The summed E-state index contributed by atoms with van der Waals surface area (Å²) < 4.78 is 0. The van der Waals surface area contributed by atoms with Crippen molar-refractivity contribution in [1.82, 2.24) is 9.80 Å². The van der Waals surface area contributed by atoms with Crippen LogP contribution in [0.4, 0.5) is 0 Å². The molecule has 0 radical (unpaired) electrons.